The summed E-state index contributed by atoms with van der Waals surface area (Å²) in [6.07, 6.45) is 9.07. The summed E-state index contributed by atoms with van der Waals surface area (Å²) in [7, 11) is 0. The molecule has 2 nitrogen and oxygen atoms in total. The van der Waals surface area contributed by atoms with Crippen LogP contribution in [0.25, 0.3) is 0 Å². The topological polar surface area (TPSA) is 26.3 Å². The molecule has 2 atom stereocenters. The lowest BCUT2D eigenvalue weighted by molar-refractivity contribution is -0.166. The molecule has 0 aromatic carbocycles. The number of rotatable bonds is 3. The van der Waals surface area contributed by atoms with Crippen LogP contribution in [0.5, 0.6) is 0 Å². The minimum atomic E-state index is -0.367. The minimum Gasteiger partial charge on any atom is -0.455 e. The summed E-state index contributed by atoms with van der Waals surface area (Å²) in [6.45, 7) is 8.05. The fraction of sp³-hybridized carbons (Fsp3) is 0.812. The number of carbonyl (C=O) groups excluding carboxylic acids is 1. The molecule has 2 aliphatic carbocycles. The number of hydrogen-bond donors (Lipinski definition) is 0. The lowest BCUT2D eigenvalue weighted by Gasteiger charge is -2.40. The van der Waals surface area contributed by atoms with Crippen molar-refractivity contribution in [2.75, 3.05) is 0 Å². The highest BCUT2D eigenvalue weighted by molar-refractivity contribution is 5.76. The summed E-state index contributed by atoms with van der Waals surface area (Å²) < 4.78 is 5.86. The minimum absolute atomic E-state index is 0.0516. The van der Waals surface area contributed by atoms with E-state index < -0.39 is 0 Å². The Hall–Kier alpha value is -0.790. The normalized spacial score (nSPS) is 31.8. The average Bonchev–Trinajstić information content (AvgIpc) is 2.27. The molecular weight excluding hydrogens is 224 g/mol. The van der Waals surface area contributed by atoms with E-state index in [-0.39, 0.29) is 17.0 Å². The molecule has 2 unspecified atom stereocenters. The van der Waals surface area contributed by atoms with E-state index >= 15 is 0 Å². The van der Waals surface area contributed by atoms with Gasteiger partial charge in [-0.15, -0.1) is 0 Å². The van der Waals surface area contributed by atoms with Crippen LogP contribution in [0.15, 0.2) is 11.6 Å². The van der Waals surface area contributed by atoms with E-state index in [2.05, 4.69) is 13.0 Å². The predicted molar refractivity (Wildman–Crippen MR) is 73.2 cm³/mol. The van der Waals surface area contributed by atoms with Crippen LogP contribution in [0, 0.1) is 11.3 Å². The van der Waals surface area contributed by atoms with Crippen LogP contribution in [-0.2, 0) is 9.53 Å². The molecule has 0 heterocycles. The van der Waals surface area contributed by atoms with E-state index in [1.165, 1.54) is 31.3 Å². The maximum atomic E-state index is 12.2. The molecule has 0 aromatic rings. The molecule has 18 heavy (non-hydrogen) atoms. The van der Waals surface area contributed by atoms with Crippen LogP contribution >= 0.6 is 0 Å². The summed E-state index contributed by atoms with van der Waals surface area (Å²) >= 11 is 0. The highest BCUT2D eigenvalue weighted by Gasteiger charge is 2.39. The van der Waals surface area contributed by atoms with Gasteiger partial charge in [0.1, 0.15) is 5.60 Å². The molecule has 2 rings (SSSR count). The zero-order valence-corrected chi connectivity index (χ0v) is 12.2. The van der Waals surface area contributed by atoms with Crippen molar-refractivity contribution in [2.45, 2.75) is 71.8 Å². The second-order valence-corrected chi connectivity index (χ2v) is 6.91. The molecular formula is C16H26O2. The maximum absolute atomic E-state index is 12.2. The van der Waals surface area contributed by atoms with Gasteiger partial charge in [0.05, 0.1) is 5.41 Å². The second-order valence-electron chi connectivity index (χ2n) is 6.91. The Bertz CT molecular complexity index is 367. The maximum Gasteiger partial charge on any atom is 0.312 e. The molecule has 0 aliphatic heterocycles. The molecule has 0 saturated heterocycles. The Kier molecular flexibility index (Phi) is 3.57. The van der Waals surface area contributed by atoms with E-state index in [4.69, 9.17) is 4.74 Å². The van der Waals surface area contributed by atoms with Gasteiger partial charge in [-0.25, -0.2) is 0 Å². The van der Waals surface area contributed by atoms with Crippen LogP contribution in [0.3, 0.4) is 0 Å². The number of hydrogen-bond acceptors (Lipinski definition) is 2. The van der Waals surface area contributed by atoms with Crippen molar-refractivity contribution in [1.29, 1.82) is 0 Å². The number of fused-ring (bicyclic) bond motifs is 2. The fourth-order valence-corrected chi connectivity index (χ4v) is 3.13. The molecule has 2 bridgehead atoms. The first-order valence-electron chi connectivity index (χ1n) is 7.29. The lowest BCUT2D eigenvalue weighted by Crippen LogP contribution is -2.40. The SMILES string of the molecule is CCC(C)(C)C(=O)OC1(C)C=C2CCCC(C2)C1. The van der Waals surface area contributed by atoms with Crippen molar-refractivity contribution in [3.63, 3.8) is 0 Å². The van der Waals surface area contributed by atoms with Gasteiger partial charge < -0.3 is 4.74 Å². The summed E-state index contributed by atoms with van der Waals surface area (Å²) in [5.74, 6) is 0.672. The van der Waals surface area contributed by atoms with Gasteiger partial charge >= 0.3 is 5.97 Å². The lowest BCUT2D eigenvalue weighted by atomic mass is 9.73. The van der Waals surface area contributed by atoms with Gasteiger partial charge in [-0.05, 0) is 71.3 Å². The van der Waals surface area contributed by atoms with Gasteiger partial charge in [0.15, 0.2) is 0 Å². The zero-order chi connectivity index (χ0) is 13.4. The van der Waals surface area contributed by atoms with Gasteiger partial charge in [-0.1, -0.05) is 12.5 Å². The number of allylic oxidation sites excluding steroid dienone is 1. The number of carbonyl (C=O) groups is 1. The molecule has 0 N–H and O–H groups in total. The average molecular weight is 250 g/mol. The molecule has 2 heteroatoms. The van der Waals surface area contributed by atoms with Crippen molar-refractivity contribution in [3.8, 4) is 0 Å². The third-order valence-corrected chi connectivity index (χ3v) is 4.63. The fourth-order valence-electron chi connectivity index (χ4n) is 3.13. The van der Waals surface area contributed by atoms with Gasteiger partial charge in [0, 0.05) is 0 Å². The predicted octanol–water partition coefficient (Wildman–Crippen LogP) is 4.24. The van der Waals surface area contributed by atoms with E-state index in [1.807, 2.05) is 20.8 Å². The molecule has 1 saturated carbocycles. The first-order chi connectivity index (χ1) is 8.35. The number of ether oxygens (including phenoxy) is 1. The molecule has 0 spiro atoms. The highest BCUT2D eigenvalue weighted by Crippen LogP contribution is 2.42. The molecule has 2 aliphatic rings. The third kappa shape index (κ3) is 2.78. The van der Waals surface area contributed by atoms with Gasteiger partial charge in [0.2, 0.25) is 0 Å². The van der Waals surface area contributed by atoms with E-state index in [1.54, 1.807) is 0 Å². The first kappa shape index (κ1) is 13.6. The Balaban J connectivity index is 2.11. The van der Waals surface area contributed by atoms with Crippen molar-refractivity contribution in [1.82, 2.24) is 0 Å². The smallest absolute Gasteiger partial charge is 0.312 e. The van der Waals surface area contributed by atoms with Gasteiger partial charge in [-0.2, -0.15) is 0 Å². The van der Waals surface area contributed by atoms with Crippen LogP contribution in [0.4, 0.5) is 0 Å². The Labute approximate surface area is 111 Å². The van der Waals surface area contributed by atoms with Crippen LogP contribution < -0.4 is 0 Å². The van der Waals surface area contributed by atoms with Gasteiger partial charge in [0.25, 0.3) is 0 Å². The highest BCUT2D eigenvalue weighted by atomic mass is 16.6. The van der Waals surface area contributed by atoms with Crippen LogP contribution in [0.2, 0.25) is 0 Å². The molecule has 102 valence electrons. The quantitative estimate of drug-likeness (QED) is 0.553. The van der Waals surface area contributed by atoms with Crippen molar-refractivity contribution in [3.05, 3.63) is 11.6 Å². The Morgan fingerprint density at radius 2 is 2.28 bits per heavy atom. The van der Waals surface area contributed by atoms with Crippen molar-refractivity contribution < 1.29 is 9.53 Å². The van der Waals surface area contributed by atoms with Crippen LogP contribution in [-0.4, -0.2) is 11.6 Å². The Morgan fingerprint density at radius 3 is 2.89 bits per heavy atom. The van der Waals surface area contributed by atoms with E-state index in [0.29, 0.717) is 0 Å². The first-order valence-corrected chi connectivity index (χ1v) is 7.29. The second kappa shape index (κ2) is 4.71. The summed E-state index contributed by atoms with van der Waals surface area (Å²) in [4.78, 5) is 12.2. The van der Waals surface area contributed by atoms with Crippen molar-refractivity contribution in [2.24, 2.45) is 11.3 Å². The summed E-state index contributed by atoms with van der Waals surface area (Å²) in [5, 5.41) is 0. The molecule has 0 aromatic heterocycles. The standard InChI is InChI=1S/C16H26O2/c1-5-15(2,3)14(17)18-16(4)10-12-7-6-8-13(9-12)11-16/h10,13H,5-9,11H2,1-4H3. The van der Waals surface area contributed by atoms with Crippen molar-refractivity contribution >= 4 is 5.97 Å². The Morgan fingerprint density at radius 1 is 1.56 bits per heavy atom. The zero-order valence-electron chi connectivity index (χ0n) is 12.2. The third-order valence-electron chi connectivity index (χ3n) is 4.63. The summed E-state index contributed by atoms with van der Waals surface area (Å²) in [6, 6.07) is 0. The largest absolute Gasteiger partial charge is 0.455 e. The molecule has 0 radical (unpaired) electrons. The monoisotopic (exact) mass is 250 g/mol. The van der Waals surface area contributed by atoms with Gasteiger partial charge in [-0.3, -0.25) is 4.79 Å². The van der Waals surface area contributed by atoms with Crippen LogP contribution in [0.1, 0.15) is 66.2 Å². The number of esters is 1. The molecule has 0 amide bonds. The molecule has 1 fully saturated rings. The van der Waals surface area contributed by atoms with E-state index in [0.717, 1.165) is 18.8 Å². The summed E-state index contributed by atoms with van der Waals surface area (Å²) in [5.41, 5.74) is 0.776. The van der Waals surface area contributed by atoms with E-state index in [9.17, 15) is 4.79 Å².